The van der Waals surface area contributed by atoms with Gasteiger partial charge in [-0.25, -0.2) is 0 Å². The van der Waals surface area contributed by atoms with E-state index in [-0.39, 0.29) is 17.6 Å². The highest BCUT2D eigenvalue weighted by atomic mass is 16.1. The van der Waals surface area contributed by atoms with Crippen molar-refractivity contribution in [2.24, 2.45) is 5.92 Å². The smallest absolute Gasteiger partial charge is 0.186 e. The molecule has 0 aromatic heterocycles. The Balaban J connectivity index is 2.22. The molecule has 0 fully saturated rings. The molecular weight excluding hydrogens is 308 g/mol. The van der Waals surface area contributed by atoms with E-state index >= 15 is 0 Å². The molecule has 0 unspecified atom stereocenters. The van der Waals surface area contributed by atoms with Gasteiger partial charge in [-0.3, -0.25) is 4.79 Å². The lowest BCUT2D eigenvalue weighted by molar-refractivity contribution is -0.108. The van der Waals surface area contributed by atoms with E-state index in [9.17, 15) is 9.59 Å². The molecule has 2 aromatic carbocycles. The number of aldehydes is 1. The van der Waals surface area contributed by atoms with Gasteiger partial charge in [0.05, 0.1) is 0 Å². The van der Waals surface area contributed by atoms with E-state index in [0.717, 1.165) is 28.5 Å². The van der Waals surface area contributed by atoms with E-state index < -0.39 is 0 Å². The molecule has 2 rings (SSSR count). The van der Waals surface area contributed by atoms with Gasteiger partial charge in [0.1, 0.15) is 6.29 Å². The Bertz CT molecular complexity index is 749. The summed E-state index contributed by atoms with van der Waals surface area (Å²) in [7, 11) is 0. The van der Waals surface area contributed by atoms with Gasteiger partial charge < -0.3 is 4.79 Å². The van der Waals surface area contributed by atoms with Crippen molar-refractivity contribution >= 4 is 12.1 Å². The maximum absolute atomic E-state index is 12.7. The Morgan fingerprint density at radius 3 is 2.20 bits per heavy atom. The largest absolute Gasteiger partial charge is 0.303 e. The number of ketones is 1. The van der Waals surface area contributed by atoms with Crippen molar-refractivity contribution in [3.8, 4) is 0 Å². The highest BCUT2D eigenvalue weighted by Crippen LogP contribution is 2.28. The minimum Gasteiger partial charge on any atom is -0.303 e. The van der Waals surface area contributed by atoms with Gasteiger partial charge in [-0.15, -0.1) is 0 Å². The first-order valence-electron chi connectivity index (χ1n) is 8.73. The molecule has 0 heterocycles. The summed E-state index contributed by atoms with van der Waals surface area (Å²) in [4.78, 5) is 23.7. The van der Waals surface area contributed by atoms with Crippen molar-refractivity contribution in [2.75, 3.05) is 0 Å². The van der Waals surface area contributed by atoms with Gasteiger partial charge in [-0.1, -0.05) is 61.0 Å². The second kappa shape index (κ2) is 8.57. The molecule has 2 aromatic rings. The van der Waals surface area contributed by atoms with E-state index in [1.807, 2.05) is 69.3 Å². The maximum Gasteiger partial charge on any atom is 0.186 e. The number of rotatable bonds is 7. The fraction of sp³-hybridized carbons (Fsp3) is 0.304. The standard InChI is InChI=1S/C23H26O2/c1-16-14-18(3)23(19(4)15-16)22(25)11-10-17(2)21(12-13-24)20-8-6-5-7-9-20/h5-11,13-15,17,21H,12H2,1-4H3/b11-10+/t17-,21-/m1/s1. The van der Waals surface area contributed by atoms with Crippen LogP contribution in [0.3, 0.4) is 0 Å². The number of hydrogen-bond acceptors (Lipinski definition) is 2. The Morgan fingerprint density at radius 2 is 1.64 bits per heavy atom. The summed E-state index contributed by atoms with van der Waals surface area (Å²) in [5.41, 5.74) is 5.08. The number of hydrogen-bond donors (Lipinski definition) is 0. The third kappa shape index (κ3) is 4.76. The Labute approximate surface area is 150 Å². The van der Waals surface area contributed by atoms with E-state index in [1.54, 1.807) is 6.08 Å². The summed E-state index contributed by atoms with van der Waals surface area (Å²) in [5, 5.41) is 0. The van der Waals surface area contributed by atoms with E-state index in [1.165, 1.54) is 5.56 Å². The van der Waals surface area contributed by atoms with Crippen LogP contribution in [0, 0.1) is 26.7 Å². The van der Waals surface area contributed by atoms with Crippen LogP contribution in [-0.2, 0) is 4.79 Å². The molecule has 0 amide bonds. The van der Waals surface area contributed by atoms with Crippen LogP contribution in [0.5, 0.6) is 0 Å². The average Bonchev–Trinajstić information content (AvgIpc) is 2.57. The topological polar surface area (TPSA) is 34.1 Å². The Kier molecular flexibility index (Phi) is 6.46. The number of carbonyl (C=O) groups excluding carboxylic acids is 2. The van der Waals surface area contributed by atoms with Crippen molar-refractivity contribution in [2.45, 2.75) is 40.0 Å². The molecule has 0 saturated carbocycles. The fourth-order valence-electron chi connectivity index (χ4n) is 3.48. The molecule has 130 valence electrons. The Morgan fingerprint density at radius 1 is 1.04 bits per heavy atom. The highest BCUT2D eigenvalue weighted by Gasteiger charge is 2.17. The molecule has 0 bridgehead atoms. The second-order valence-electron chi connectivity index (χ2n) is 6.78. The van der Waals surface area contributed by atoms with E-state index in [4.69, 9.17) is 0 Å². The molecule has 0 saturated heterocycles. The van der Waals surface area contributed by atoms with Gasteiger partial charge in [-0.05, 0) is 55.4 Å². The first-order chi connectivity index (χ1) is 11.9. The third-order valence-electron chi connectivity index (χ3n) is 4.69. The van der Waals surface area contributed by atoms with Gasteiger partial charge >= 0.3 is 0 Å². The fourth-order valence-corrected chi connectivity index (χ4v) is 3.48. The SMILES string of the molecule is Cc1cc(C)c(C(=O)/C=C/[C@@H](C)[C@@H](CC=O)c2ccccc2)c(C)c1. The molecule has 2 heteroatoms. The average molecular weight is 334 g/mol. The summed E-state index contributed by atoms with van der Waals surface area (Å²) in [6, 6.07) is 14.1. The van der Waals surface area contributed by atoms with Crippen LogP contribution in [0.15, 0.2) is 54.6 Å². The summed E-state index contributed by atoms with van der Waals surface area (Å²) in [6.07, 6.45) is 5.00. The van der Waals surface area contributed by atoms with Gasteiger partial charge in [0.25, 0.3) is 0 Å². The molecule has 0 N–H and O–H groups in total. The molecule has 2 nitrogen and oxygen atoms in total. The number of allylic oxidation sites excluding steroid dienone is 2. The molecule has 0 aliphatic heterocycles. The van der Waals surface area contributed by atoms with Crippen molar-refractivity contribution in [3.05, 3.63) is 82.4 Å². The van der Waals surface area contributed by atoms with Crippen molar-refractivity contribution in [1.82, 2.24) is 0 Å². The molecule has 0 aliphatic carbocycles. The van der Waals surface area contributed by atoms with Crippen LogP contribution in [0.2, 0.25) is 0 Å². The zero-order chi connectivity index (χ0) is 18.4. The lowest BCUT2D eigenvalue weighted by atomic mass is 9.84. The zero-order valence-electron chi connectivity index (χ0n) is 15.5. The minimum atomic E-state index is 0.0276. The van der Waals surface area contributed by atoms with Crippen LogP contribution in [-0.4, -0.2) is 12.1 Å². The molecule has 0 spiro atoms. The molecule has 2 atom stereocenters. The first-order valence-corrected chi connectivity index (χ1v) is 8.73. The lowest BCUT2D eigenvalue weighted by Crippen LogP contribution is -2.10. The summed E-state index contributed by atoms with van der Waals surface area (Å²) in [6.45, 7) is 8.04. The molecule has 0 radical (unpaired) electrons. The van der Waals surface area contributed by atoms with Gasteiger partial charge in [0, 0.05) is 12.0 Å². The van der Waals surface area contributed by atoms with Crippen LogP contribution in [0.4, 0.5) is 0 Å². The summed E-state index contributed by atoms with van der Waals surface area (Å²) >= 11 is 0. The summed E-state index contributed by atoms with van der Waals surface area (Å²) in [5.74, 6) is 0.213. The van der Waals surface area contributed by atoms with E-state index in [0.29, 0.717) is 6.42 Å². The first kappa shape index (κ1) is 18.9. The molecular formula is C23H26O2. The van der Waals surface area contributed by atoms with Crippen LogP contribution in [0.1, 0.15) is 51.9 Å². The van der Waals surface area contributed by atoms with E-state index in [2.05, 4.69) is 6.92 Å². The molecule has 0 aliphatic rings. The number of benzene rings is 2. The lowest BCUT2D eigenvalue weighted by Gasteiger charge is -2.19. The van der Waals surface area contributed by atoms with Crippen molar-refractivity contribution < 1.29 is 9.59 Å². The maximum atomic E-state index is 12.7. The predicted octanol–water partition coefficient (Wildman–Crippen LogP) is 5.36. The third-order valence-corrected chi connectivity index (χ3v) is 4.69. The highest BCUT2D eigenvalue weighted by molar-refractivity contribution is 6.06. The number of aryl methyl sites for hydroxylation is 3. The zero-order valence-corrected chi connectivity index (χ0v) is 15.5. The van der Waals surface area contributed by atoms with Crippen LogP contribution < -0.4 is 0 Å². The van der Waals surface area contributed by atoms with Crippen molar-refractivity contribution in [1.29, 1.82) is 0 Å². The van der Waals surface area contributed by atoms with Gasteiger partial charge in [0.15, 0.2) is 5.78 Å². The quantitative estimate of drug-likeness (QED) is 0.388. The van der Waals surface area contributed by atoms with Crippen molar-refractivity contribution in [3.63, 3.8) is 0 Å². The summed E-state index contributed by atoms with van der Waals surface area (Å²) < 4.78 is 0. The van der Waals surface area contributed by atoms with Gasteiger partial charge in [0.2, 0.25) is 0 Å². The Hall–Kier alpha value is -2.48. The minimum absolute atomic E-state index is 0.0276. The number of carbonyl (C=O) groups is 2. The monoisotopic (exact) mass is 334 g/mol. The second-order valence-corrected chi connectivity index (χ2v) is 6.78. The van der Waals surface area contributed by atoms with Crippen LogP contribution in [0.25, 0.3) is 0 Å². The predicted molar refractivity (Wildman–Crippen MR) is 103 cm³/mol. The normalized spacial score (nSPS) is 13.6. The molecule has 25 heavy (non-hydrogen) atoms. The van der Waals surface area contributed by atoms with Crippen LogP contribution >= 0.6 is 0 Å². The van der Waals surface area contributed by atoms with Gasteiger partial charge in [-0.2, -0.15) is 0 Å².